The van der Waals surface area contributed by atoms with Crippen LogP contribution in [0.5, 0.6) is 17.4 Å². The number of methoxy groups -OCH3 is 3. The third kappa shape index (κ3) is 3.05. The van der Waals surface area contributed by atoms with Gasteiger partial charge in [0.15, 0.2) is 11.5 Å². The average Bonchev–Trinajstić information content (AvgIpc) is 3.08. The van der Waals surface area contributed by atoms with E-state index in [2.05, 4.69) is 11.1 Å². The molecule has 1 heterocycles. The van der Waals surface area contributed by atoms with Crippen LogP contribution in [0.1, 0.15) is 16.8 Å². The second-order valence-corrected chi connectivity index (χ2v) is 7.31. The summed E-state index contributed by atoms with van der Waals surface area (Å²) in [5, 5.41) is 10.9. The van der Waals surface area contributed by atoms with Crippen molar-refractivity contribution in [1.82, 2.24) is 4.98 Å². The molecule has 0 spiro atoms. The first kappa shape index (κ1) is 19.4. The Morgan fingerprint density at radius 3 is 2.28 bits per heavy atom. The minimum absolute atomic E-state index is 0.263. The predicted octanol–water partition coefficient (Wildman–Crippen LogP) is 5.52. The Hall–Kier alpha value is -2.94. The summed E-state index contributed by atoms with van der Waals surface area (Å²) in [5.74, 6) is 1.50. The van der Waals surface area contributed by atoms with E-state index in [4.69, 9.17) is 37.4 Å². The number of hydrogen-bond donors (Lipinski definition) is 0. The number of nitrogens with zero attached hydrogens (tertiary/aromatic N) is 2. The summed E-state index contributed by atoms with van der Waals surface area (Å²) in [7, 11) is 4.68. The Morgan fingerprint density at radius 1 is 0.931 bits per heavy atom. The van der Waals surface area contributed by atoms with Crippen LogP contribution in [0.15, 0.2) is 30.3 Å². The fourth-order valence-electron chi connectivity index (χ4n) is 3.72. The van der Waals surface area contributed by atoms with Crippen LogP contribution in [0.4, 0.5) is 0 Å². The zero-order valence-corrected chi connectivity index (χ0v) is 17.5. The van der Waals surface area contributed by atoms with Crippen molar-refractivity contribution in [2.45, 2.75) is 6.42 Å². The molecule has 0 atom stereocenters. The number of ether oxygens (including phenoxy) is 3. The van der Waals surface area contributed by atoms with Crippen LogP contribution in [0.25, 0.3) is 22.3 Å². The van der Waals surface area contributed by atoms with E-state index in [-0.39, 0.29) is 5.88 Å². The first-order chi connectivity index (χ1) is 14.0. The number of aromatic nitrogens is 1. The SMILES string of the molecule is COc1cc2c(cc1OC)-c1c(nc(OC)c(C#N)c1-c1ccc(Cl)cc1Cl)C2. The molecule has 0 bridgehead atoms. The normalized spacial score (nSPS) is 11.4. The van der Waals surface area contributed by atoms with Gasteiger partial charge >= 0.3 is 0 Å². The van der Waals surface area contributed by atoms with Gasteiger partial charge in [0.25, 0.3) is 0 Å². The average molecular weight is 427 g/mol. The van der Waals surface area contributed by atoms with Gasteiger partial charge in [-0.3, -0.25) is 0 Å². The molecule has 0 N–H and O–H groups in total. The zero-order valence-electron chi connectivity index (χ0n) is 16.0. The first-order valence-corrected chi connectivity index (χ1v) is 9.49. The number of hydrogen-bond acceptors (Lipinski definition) is 5. The number of pyridine rings is 1. The molecule has 1 aliphatic rings. The highest BCUT2D eigenvalue weighted by atomic mass is 35.5. The van der Waals surface area contributed by atoms with E-state index >= 15 is 0 Å². The minimum atomic E-state index is 0.263. The molecule has 4 rings (SSSR count). The van der Waals surface area contributed by atoms with Crippen LogP contribution in [-0.2, 0) is 6.42 Å². The number of fused-ring (bicyclic) bond motifs is 3. The lowest BCUT2D eigenvalue weighted by molar-refractivity contribution is 0.355. The highest BCUT2D eigenvalue weighted by Crippen LogP contribution is 2.50. The van der Waals surface area contributed by atoms with Crippen molar-refractivity contribution in [2.75, 3.05) is 21.3 Å². The fraction of sp³-hybridized carbons (Fsp3) is 0.182. The second kappa shape index (κ2) is 7.47. The lowest BCUT2D eigenvalue weighted by Crippen LogP contribution is -2.01. The van der Waals surface area contributed by atoms with Crippen LogP contribution < -0.4 is 14.2 Å². The highest BCUT2D eigenvalue weighted by molar-refractivity contribution is 6.36. The van der Waals surface area contributed by atoms with Gasteiger partial charge in [0, 0.05) is 33.2 Å². The summed E-state index contributed by atoms with van der Waals surface area (Å²) < 4.78 is 16.3. The van der Waals surface area contributed by atoms with E-state index in [9.17, 15) is 5.26 Å². The van der Waals surface area contributed by atoms with E-state index in [1.165, 1.54) is 7.11 Å². The zero-order chi connectivity index (χ0) is 20.7. The second-order valence-electron chi connectivity index (χ2n) is 6.47. The number of nitriles is 1. The topological polar surface area (TPSA) is 64.4 Å². The lowest BCUT2D eigenvalue weighted by atomic mass is 9.92. The van der Waals surface area contributed by atoms with Crippen molar-refractivity contribution < 1.29 is 14.2 Å². The van der Waals surface area contributed by atoms with Crippen molar-refractivity contribution in [2.24, 2.45) is 0 Å². The van der Waals surface area contributed by atoms with Gasteiger partial charge in [-0.2, -0.15) is 5.26 Å². The quantitative estimate of drug-likeness (QED) is 0.429. The minimum Gasteiger partial charge on any atom is -0.493 e. The van der Waals surface area contributed by atoms with Crippen molar-refractivity contribution in [3.8, 4) is 45.7 Å². The number of benzene rings is 2. The van der Waals surface area contributed by atoms with Crippen molar-refractivity contribution in [3.05, 3.63) is 57.2 Å². The van der Waals surface area contributed by atoms with Gasteiger partial charge in [-0.1, -0.05) is 29.3 Å². The summed E-state index contributed by atoms with van der Waals surface area (Å²) in [6, 6.07) is 11.3. The Bertz CT molecular complexity index is 1190. The molecule has 7 heteroatoms. The number of halogens is 2. The van der Waals surface area contributed by atoms with E-state index in [1.807, 2.05) is 12.1 Å². The van der Waals surface area contributed by atoms with Crippen LogP contribution >= 0.6 is 23.2 Å². The van der Waals surface area contributed by atoms with Crippen LogP contribution in [0.2, 0.25) is 10.0 Å². The van der Waals surface area contributed by atoms with Crippen molar-refractivity contribution >= 4 is 23.2 Å². The van der Waals surface area contributed by atoms with Gasteiger partial charge < -0.3 is 14.2 Å². The Kier molecular flexibility index (Phi) is 4.99. The molecule has 146 valence electrons. The molecule has 0 radical (unpaired) electrons. The molecule has 0 fully saturated rings. The summed E-state index contributed by atoms with van der Waals surface area (Å²) in [6.07, 6.45) is 0.575. The molecule has 1 aromatic heterocycles. The molecule has 0 aliphatic heterocycles. The van der Waals surface area contributed by atoms with Gasteiger partial charge in [0.05, 0.1) is 27.0 Å². The van der Waals surface area contributed by atoms with Gasteiger partial charge in [-0.05, 0) is 35.4 Å². The maximum atomic E-state index is 9.92. The smallest absolute Gasteiger partial charge is 0.232 e. The molecule has 0 unspecified atom stereocenters. The molecule has 0 saturated carbocycles. The maximum absolute atomic E-state index is 9.92. The molecular weight excluding hydrogens is 411 g/mol. The van der Waals surface area contributed by atoms with Gasteiger partial charge in [-0.25, -0.2) is 4.98 Å². The molecule has 1 aliphatic carbocycles. The Balaban J connectivity index is 2.10. The van der Waals surface area contributed by atoms with E-state index in [1.54, 1.807) is 32.4 Å². The Morgan fingerprint density at radius 2 is 1.66 bits per heavy atom. The monoisotopic (exact) mass is 426 g/mol. The van der Waals surface area contributed by atoms with Gasteiger partial charge in [0.1, 0.15) is 11.6 Å². The third-order valence-electron chi connectivity index (χ3n) is 4.98. The van der Waals surface area contributed by atoms with Crippen molar-refractivity contribution in [1.29, 1.82) is 5.26 Å². The molecule has 2 aromatic carbocycles. The molecule has 0 amide bonds. The highest BCUT2D eigenvalue weighted by Gasteiger charge is 2.31. The maximum Gasteiger partial charge on any atom is 0.232 e. The van der Waals surface area contributed by atoms with E-state index < -0.39 is 0 Å². The summed E-state index contributed by atoms with van der Waals surface area (Å²) in [4.78, 5) is 4.61. The molecule has 0 saturated heterocycles. The third-order valence-corrected chi connectivity index (χ3v) is 5.53. The standard InChI is InChI=1S/C22H16Cl2N2O3/c1-27-18-7-11-6-17-21(14(11)9-19(18)28-2)20(15(10-25)22(26-17)29-3)13-5-4-12(23)8-16(13)24/h4-5,7-9H,6H2,1-3H3. The number of rotatable bonds is 4. The molecular formula is C22H16Cl2N2O3. The van der Waals surface area contributed by atoms with Crippen LogP contribution in [0, 0.1) is 11.3 Å². The first-order valence-electron chi connectivity index (χ1n) is 8.74. The van der Waals surface area contributed by atoms with Gasteiger partial charge in [0.2, 0.25) is 5.88 Å². The summed E-state index contributed by atoms with van der Waals surface area (Å²) in [6.45, 7) is 0. The van der Waals surface area contributed by atoms with Gasteiger partial charge in [-0.15, -0.1) is 0 Å². The molecule has 5 nitrogen and oxygen atoms in total. The largest absolute Gasteiger partial charge is 0.493 e. The van der Waals surface area contributed by atoms with E-state index in [0.29, 0.717) is 44.7 Å². The lowest BCUT2D eigenvalue weighted by Gasteiger charge is -2.16. The van der Waals surface area contributed by atoms with Crippen LogP contribution in [0.3, 0.4) is 0 Å². The fourth-order valence-corrected chi connectivity index (χ4v) is 4.23. The predicted molar refractivity (Wildman–Crippen MR) is 112 cm³/mol. The van der Waals surface area contributed by atoms with Crippen molar-refractivity contribution in [3.63, 3.8) is 0 Å². The molecule has 3 aromatic rings. The summed E-state index contributed by atoms with van der Waals surface area (Å²) >= 11 is 12.6. The van der Waals surface area contributed by atoms with Crippen LogP contribution in [-0.4, -0.2) is 26.3 Å². The van der Waals surface area contributed by atoms with E-state index in [0.717, 1.165) is 22.4 Å². The molecule has 29 heavy (non-hydrogen) atoms. The Labute approximate surface area is 178 Å². The summed E-state index contributed by atoms with van der Waals surface area (Å²) in [5.41, 5.74) is 5.25.